The fraction of sp³-hybridized carbons (Fsp3) is 0. The van der Waals surface area contributed by atoms with E-state index in [4.69, 9.17) is 4.42 Å². The molecule has 3 aromatic rings. The fourth-order valence-corrected chi connectivity index (χ4v) is 2.07. The van der Waals surface area contributed by atoms with Crippen LogP contribution in [0, 0.1) is 0 Å². The minimum absolute atomic E-state index is 0.0707. The first-order valence-corrected chi connectivity index (χ1v) is 5.51. The largest absolute Gasteiger partial charge is 0.463 e. The molecule has 0 radical (unpaired) electrons. The Morgan fingerprint density at radius 2 is 2.12 bits per heavy atom. The summed E-state index contributed by atoms with van der Waals surface area (Å²) >= 11 is 1.32. The number of para-hydroxylation sites is 1. The summed E-state index contributed by atoms with van der Waals surface area (Å²) in [4.78, 5) is 12.1. The van der Waals surface area contributed by atoms with Gasteiger partial charge >= 0.3 is 0 Å². The van der Waals surface area contributed by atoms with Crippen molar-refractivity contribution in [3.63, 3.8) is 0 Å². The summed E-state index contributed by atoms with van der Waals surface area (Å²) < 4.78 is 5.39. The van der Waals surface area contributed by atoms with Crippen LogP contribution in [0.3, 0.4) is 0 Å². The molecule has 78 valence electrons. The molecule has 0 spiro atoms. The van der Waals surface area contributed by atoms with Crippen LogP contribution in [-0.4, -0.2) is 10.2 Å². The molecular weight excluding hydrogens is 224 g/mol. The van der Waals surface area contributed by atoms with Gasteiger partial charge in [-0.05, 0) is 12.1 Å². The molecule has 16 heavy (non-hydrogen) atoms. The summed E-state index contributed by atoms with van der Waals surface area (Å²) in [5.74, 6) is 0. The zero-order valence-corrected chi connectivity index (χ0v) is 8.90. The third kappa shape index (κ3) is 1.33. The van der Waals surface area contributed by atoms with Crippen molar-refractivity contribution in [1.29, 1.82) is 0 Å². The molecule has 0 saturated heterocycles. The molecule has 0 unspecified atom stereocenters. The quantitative estimate of drug-likeness (QED) is 0.643. The van der Waals surface area contributed by atoms with Crippen LogP contribution in [0.25, 0.3) is 21.5 Å². The number of aromatic nitrogens is 2. The van der Waals surface area contributed by atoms with E-state index in [9.17, 15) is 4.79 Å². The SMILES string of the molecule is O=c1c(-c2nncs2)coc2ccccc12. The van der Waals surface area contributed by atoms with Gasteiger partial charge in [-0.3, -0.25) is 4.79 Å². The summed E-state index contributed by atoms with van der Waals surface area (Å²) in [7, 11) is 0. The van der Waals surface area contributed by atoms with E-state index in [1.165, 1.54) is 17.6 Å². The number of fused-ring (bicyclic) bond motifs is 1. The third-order valence-corrected chi connectivity index (χ3v) is 3.00. The standard InChI is InChI=1S/C11H6N2O2S/c14-10-7-3-1-2-4-9(7)15-5-8(10)11-13-12-6-16-11/h1-6H. The van der Waals surface area contributed by atoms with Crippen molar-refractivity contribution in [1.82, 2.24) is 10.2 Å². The first kappa shape index (κ1) is 9.23. The van der Waals surface area contributed by atoms with Gasteiger partial charge in [0.05, 0.1) is 10.9 Å². The average molecular weight is 230 g/mol. The summed E-state index contributed by atoms with van der Waals surface area (Å²) in [6.45, 7) is 0. The van der Waals surface area contributed by atoms with Crippen molar-refractivity contribution in [3.05, 3.63) is 46.3 Å². The lowest BCUT2D eigenvalue weighted by Gasteiger charge is -1.97. The first-order chi connectivity index (χ1) is 7.86. The summed E-state index contributed by atoms with van der Waals surface area (Å²) in [6, 6.07) is 7.14. The maximum Gasteiger partial charge on any atom is 0.202 e. The lowest BCUT2D eigenvalue weighted by atomic mass is 10.2. The highest BCUT2D eigenvalue weighted by molar-refractivity contribution is 7.12. The van der Waals surface area contributed by atoms with Crippen molar-refractivity contribution in [2.75, 3.05) is 0 Å². The van der Waals surface area contributed by atoms with Crippen LogP contribution in [-0.2, 0) is 0 Å². The maximum absolute atomic E-state index is 12.1. The smallest absolute Gasteiger partial charge is 0.202 e. The molecule has 0 saturated carbocycles. The second-order valence-corrected chi connectivity index (χ2v) is 4.05. The van der Waals surface area contributed by atoms with E-state index >= 15 is 0 Å². The van der Waals surface area contributed by atoms with Crippen molar-refractivity contribution in [2.24, 2.45) is 0 Å². The average Bonchev–Trinajstić information content (AvgIpc) is 2.83. The van der Waals surface area contributed by atoms with Gasteiger partial charge in [0.1, 0.15) is 17.4 Å². The van der Waals surface area contributed by atoms with E-state index in [1.807, 2.05) is 12.1 Å². The number of nitrogens with zero attached hydrogens (tertiary/aromatic N) is 2. The molecule has 2 aromatic heterocycles. The maximum atomic E-state index is 12.1. The number of hydrogen-bond donors (Lipinski definition) is 0. The summed E-state index contributed by atoms with van der Waals surface area (Å²) in [6.07, 6.45) is 1.44. The minimum atomic E-state index is -0.0707. The Hall–Kier alpha value is -2.01. The zero-order valence-electron chi connectivity index (χ0n) is 8.08. The molecule has 0 fully saturated rings. The van der Waals surface area contributed by atoms with E-state index in [2.05, 4.69) is 10.2 Å². The van der Waals surface area contributed by atoms with Gasteiger partial charge in [-0.2, -0.15) is 0 Å². The van der Waals surface area contributed by atoms with Crippen LogP contribution in [0.2, 0.25) is 0 Å². The highest BCUT2D eigenvalue weighted by Gasteiger charge is 2.10. The van der Waals surface area contributed by atoms with E-state index in [-0.39, 0.29) is 5.43 Å². The van der Waals surface area contributed by atoms with Gasteiger partial charge in [0.2, 0.25) is 5.43 Å². The van der Waals surface area contributed by atoms with E-state index in [0.717, 1.165) is 0 Å². The van der Waals surface area contributed by atoms with Gasteiger partial charge in [0, 0.05) is 0 Å². The molecule has 0 amide bonds. The minimum Gasteiger partial charge on any atom is -0.463 e. The molecule has 0 N–H and O–H groups in total. The molecule has 0 bridgehead atoms. The molecule has 0 atom stereocenters. The van der Waals surface area contributed by atoms with E-state index in [0.29, 0.717) is 21.5 Å². The molecule has 5 heteroatoms. The highest BCUT2D eigenvalue weighted by Crippen LogP contribution is 2.20. The fourth-order valence-electron chi connectivity index (χ4n) is 1.52. The summed E-state index contributed by atoms with van der Waals surface area (Å²) in [5.41, 5.74) is 2.56. The molecular formula is C11H6N2O2S. The number of hydrogen-bond acceptors (Lipinski definition) is 5. The Bertz CT molecular complexity index is 689. The monoisotopic (exact) mass is 230 g/mol. The van der Waals surface area contributed by atoms with Crippen molar-refractivity contribution >= 4 is 22.3 Å². The molecule has 2 heterocycles. The normalized spacial score (nSPS) is 10.8. The molecule has 0 aliphatic carbocycles. The molecule has 4 nitrogen and oxygen atoms in total. The van der Waals surface area contributed by atoms with Crippen LogP contribution < -0.4 is 5.43 Å². The Balaban J connectivity index is 2.37. The predicted octanol–water partition coefficient (Wildman–Crippen LogP) is 2.31. The lowest BCUT2D eigenvalue weighted by molar-refractivity contribution is 0.604. The van der Waals surface area contributed by atoms with Gasteiger partial charge in [-0.25, -0.2) is 0 Å². The Kier molecular flexibility index (Phi) is 2.04. The van der Waals surface area contributed by atoms with Crippen LogP contribution in [0.5, 0.6) is 0 Å². The van der Waals surface area contributed by atoms with E-state index in [1.54, 1.807) is 17.6 Å². The van der Waals surface area contributed by atoms with Crippen molar-refractivity contribution in [2.45, 2.75) is 0 Å². The Morgan fingerprint density at radius 1 is 1.25 bits per heavy atom. The van der Waals surface area contributed by atoms with Crippen molar-refractivity contribution < 1.29 is 4.42 Å². The van der Waals surface area contributed by atoms with Crippen LogP contribution in [0.4, 0.5) is 0 Å². The van der Waals surface area contributed by atoms with E-state index < -0.39 is 0 Å². The Labute approximate surface area is 94.2 Å². The Morgan fingerprint density at radius 3 is 2.94 bits per heavy atom. The molecule has 0 aliphatic heterocycles. The topological polar surface area (TPSA) is 56.0 Å². The van der Waals surface area contributed by atoms with Gasteiger partial charge < -0.3 is 4.42 Å². The highest BCUT2D eigenvalue weighted by atomic mass is 32.1. The molecule has 0 aliphatic rings. The summed E-state index contributed by atoms with van der Waals surface area (Å²) in [5, 5.41) is 8.72. The van der Waals surface area contributed by atoms with Crippen molar-refractivity contribution in [3.8, 4) is 10.6 Å². The number of benzene rings is 1. The van der Waals surface area contributed by atoms with Gasteiger partial charge in [0.15, 0.2) is 5.01 Å². The first-order valence-electron chi connectivity index (χ1n) is 4.63. The predicted molar refractivity (Wildman–Crippen MR) is 61.4 cm³/mol. The third-order valence-electron chi connectivity index (χ3n) is 2.27. The molecule has 1 aromatic carbocycles. The second-order valence-electron chi connectivity index (χ2n) is 3.22. The van der Waals surface area contributed by atoms with Gasteiger partial charge in [-0.15, -0.1) is 10.2 Å². The number of rotatable bonds is 1. The lowest BCUT2D eigenvalue weighted by Crippen LogP contribution is -2.04. The van der Waals surface area contributed by atoms with Crippen LogP contribution in [0.15, 0.2) is 45.3 Å². The molecule has 3 rings (SSSR count). The van der Waals surface area contributed by atoms with Gasteiger partial charge in [-0.1, -0.05) is 23.5 Å². The van der Waals surface area contributed by atoms with Gasteiger partial charge in [0.25, 0.3) is 0 Å². The zero-order chi connectivity index (χ0) is 11.0. The van der Waals surface area contributed by atoms with Crippen LogP contribution >= 0.6 is 11.3 Å². The second kappa shape index (κ2) is 3.53. The van der Waals surface area contributed by atoms with Crippen LogP contribution in [0.1, 0.15) is 0 Å².